The summed E-state index contributed by atoms with van der Waals surface area (Å²) in [4.78, 5) is 25.1. The molecule has 2 aromatic carbocycles. The van der Waals surface area contributed by atoms with Crippen molar-refractivity contribution in [3.63, 3.8) is 0 Å². The van der Waals surface area contributed by atoms with E-state index >= 15 is 0 Å². The zero-order valence-corrected chi connectivity index (χ0v) is 14.5. The predicted octanol–water partition coefficient (Wildman–Crippen LogP) is 1.18. The number of halogens is 1. The van der Waals surface area contributed by atoms with Gasteiger partial charge in [0.1, 0.15) is 11.9 Å². The van der Waals surface area contributed by atoms with Crippen LogP contribution in [0, 0.1) is 17.1 Å². The van der Waals surface area contributed by atoms with Crippen molar-refractivity contribution in [2.24, 2.45) is 0 Å². The molecule has 1 unspecified atom stereocenters. The molecule has 0 heterocycles. The number of rotatable bonds is 6. The lowest BCUT2D eigenvalue weighted by molar-refractivity contribution is -0.885. The maximum absolute atomic E-state index is 13.2. The minimum Gasteiger partial charge on any atom is -0.321 e. The van der Waals surface area contributed by atoms with Gasteiger partial charge in [-0.05, 0) is 37.3 Å². The molecule has 2 rings (SSSR count). The van der Waals surface area contributed by atoms with E-state index < -0.39 is 11.9 Å². The van der Waals surface area contributed by atoms with E-state index in [2.05, 4.69) is 10.6 Å². The van der Waals surface area contributed by atoms with Crippen LogP contribution in [0.4, 0.5) is 15.8 Å². The molecule has 0 aliphatic heterocycles. The smallest absolute Gasteiger partial charge is 0.282 e. The Morgan fingerprint density at radius 2 is 1.92 bits per heavy atom. The van der Waals surface area contributed by atoms with Crippen molar-refractivity contribution in [3.8, 4) is 6.07 Å². The van der Waals surface area contributed by atoms with Crippen molar-refractivity contribution in [3.05, 3.63) is 59.9 Å². The minimum absolute atomic E-state index is 0.0327. The van der Waals surface area contributed by atoms with Gasteiger partial charge in [-0.1, -0.05) is 18.2 Å². The topological polar surface area (TPSA) is 86.4 Å². The Morgan fingerprint density at radius 3 is 2.62 bits per heavy atom. The third-order valence-electron chi connectivity index (χ3n) is 3.99. The van der Waals surface area contributed by atoms with Gasteiger partial charge in [0.25, 0.3) is 11.8 Å². The Hall–Kier alpha value is -3.24. The van der Waals surface area contributed by atoms with Gasteiger partial charge in [0.05, 0.1) is 18.3 Å². The van der Waals surface area contributed by atoms with Crippen LogP contribution >= 0.6 is 0 Å². The lowest BCUT2D eigenvalue weighted by atomic mass is 10.2. The van der Waals surface area contributed by atoms with E-state index in [0.29, 0.717) is 21.8 Å². The number of quaternary nitrogens is 1. The first-order valence-electron chi connectivity index (χ1n) is 8.08. The Labute approximate surface area is 151 Å². The van der Waals surface area contributed by atoms with E-state index in [0.717, 1.165) is 0 Å². The Balaban J connectivity index is 1.93. The maximum Gasteiger partial charge on any atom is 0.282 e. The summed E-state index contributed by atoms with van der Waals surface area (Å²) in [5, 5.41) is 14.4. The molecular weight excluding hydrogens is 335 g/mol. The molecule has 0 aliphatic carbocycles. The quantitative estimate of drug-likeness (QED) is 0.727. The lowest BCUT2D eigenvalue weighted by Gasteiger charge is -2.21. The van der Waals surface area contributed by atoms with Crippen LogP contribution in [0.15, 0.2) is 48.5 Å². The van der Waals surface area contributed by atoms with Crippen LogP contribution in [-0.2, 0) is 9.59 Å². The number of amides is 2. The minimum atomic E-state index is -0.528. The summed E-state index contributed by atoms with van der Waals surface area (Å²) in [7, 11) is 1.71. The molecule has 0 bridgehead atoms. The summed E-state index contributed by atoms with van der Waals surface area (Å²) in [6.07, 6.45) is 0. The van der Waals surface area contributed by atoms with Crippen molar-refractivity contribution < 1.29 is 18.9 Å². The summed E-state index contributed by atoms with van der Waals surface area (Å²) < 4.78 is 13.2. The molecule has 6 nitrogen and oxygen atoms in total. The number of carbonyl (C=O) groups is 2. The van der Waals surface area contributed by atoms with Crippen LogP contribution in [0.2, 0.25) is 0 Å². The zero-order valence-electron chi connectivity index (χ0n) is 14.5. The highest BCUT2D eigenvalue weighted by atomic mass is 19.1. The number of carbonyl (C=O) groups excluding carboxylic acids is 2. The molecule has 0 aromatic heterocycles. The van der Waals surface area contributed by atoms with Gasteiger partial charge in [0, 0.05) is 5.69 Å². The molecule has 0 radical (unpaired) electrons. The van der Waals surface area contributed by atoms with Gasteiger partial charge in [-0.2, -0.15) is 5.26 Å². The van der Waals surface area contributed by atoms with Gasteiger partial charge >= 0.3 is 0 Å². The highest BCUT2D eigenvalue weighted by Crippen LogP contribution is 2.13. The van der Waals surface area contributed by atoms with Crippen LogP contribution in [0.1, 0.15) is 12.5 Å². The number of nitriles is 1. The van der Waals surface area contributed by atoms with Crippen molar-refractivity contribution in [1.82, 2.24) is 0 Å². The maximum atomic E-state index is 13.2. The Kier molecular flexibility index (Phi) is 6.42. The second-order valence-corrected chi connectivity index (χ2v) is 5.95. The number of nitrogens with one attached hydrogen (secondary N) is 3. The number of hydrogen-bond acceptors (Lipinski definition) is 3. The van der Waals surface area contributed by atoms with Gasteiger partial charge in [-0.25, -0.2) is 4.39 Å². The molecule has 2 atom stereocenters. The summed E-state index contributed by atoms with van der Waals surface area (Å²) in [5.41, 5.74) is 1.17. The van der Waals surface area contributed by atoms with Gasteiger partial charge in [0.2, 0.25) is 0 Å². The molecule has 0 aliphatic rings. The number of anilines is 2. The fraction of sp³-hybridized carbons (Fsp3) is 0.211. The highest BCUT2D eigenvalue weighted by Gasteiger charge is 2.24. The lowest BCUT2D eigenvalue weighted by Crippen LogP contribution is -3.14. The molecule has 7 heteroatoms. The number of nitrogens with zero attached hydrogens (tertiary/aromatic N) is 1. The highest BCUT2D eigenvalue weighted by molar-refractivity contribution is 5.95. The number of likely N-dealkylation sites (N-methyl/N-ethyl adjacent to an activating group) is 1. The number of hydrogen-bond donors (Lipinski definition) is 3. The van der Waals surface area contributed by atoms with Gasteiger partial charge < -0.3 is 15.5 Å². The molecule has 0 saturated heterocycles. The molecule has 134 valence electrons. The fourth-order valence-corrected chi connectivity index (χ4v) is 2.33. The monoisotopic (exact) mass is 355 g/mol. The molecule has 2 amide bonds. The van der Waals surface area contributed by atoms with Crippen LogP contribution in [0.25, 0.3) is 0 Å². The molecule has 0 fully saturated rings. The zero-order chi connectivity index (χ0) is 19.1. The molecule has 26 heavy (non-hydrogen) atoms. The van der Waals surface area contributed by atoms with E-state index in [-0.39, 0.29) is 18.4 Å². The first-order valence-corrected chi connectivity index (χ1v) is 8.08. The van der Waals surface area contributed by atoms with Crippen molar-refractivity contribution >= 4 is 23.2 Å². The average molecular weight is 355 g/mol. The molecule has 0 saturated carbocycles. The van der Waals surface area contributed by atoms with Crippen LogP contribution < -0.4 is 15.5 Å². The third kappa shape index (κ3) is 5.13. The van der Waals surface area contributed by atoms with E-state index in [4.69, 9.17) is 5.26 Å². The van der Waals surface area contributed by atoms with Gasteiger partial charge in [-0.3, -0.25) is 9.59 Å². The second-order valence-electron chi connectivity index (χ2n) is 5.95. The van der Waals surface area contributed by atoms with Crippen molar-refractivity contribution in [1.29, 1.82) is 5.26 Å². The molecule has 3 N–H and O–H groups in total. The van der Waals surface area contributed by atoms with Crippen molar-refractivity contribution in [2.75, 3.05) is 24.2 Å². The van der Waals surface area contributed by atoms with Crippen LogP contribution in [0.5, 0.6) is 0 Å². The number of benzene rings is 2. The summed E-state index contributed by atoms with van der Waals surface area (Å²) in [6, 6.07) is 13.8. The largest absolute Gasteiger partial charge is 0.321 e. The summed E-state index contributed by atoms with van der Waals surface area (Å²) in [6.45, 7) is 1.72. The van der Waals surface area contributed by atoms with E-state index in [1.54, 1.807) is 44.3 Å². The Bertz CT molecular complexity index is 847. The first kappa shape index (κ1) is 19.1. The SMILES string of the molecule is C[C@@H](C(=O)Nc1ccccc1C#N)[NH+](C)CC(=O)Nc1cccc(F)c1. The van der Waals surface area contributed by atoms with Crippen LogP contribution in [-0.4, -0.2) is 31.4 Å². The second kappa shape index (κ2) is 8.74. The van der Waals surface area contributed by atoms with Crippen LogP contribution in [0.3, 0.4) is 0 Å². The molecule has 2 aromatic rings. The first-order chi connectivity index (χ1) is 12.4. The molecule has 0 spiro atoms. The third-order valence-corrected chi connectivity index (χ3v) is 3.99. The standard InChI is InChI=1S/C19H19FN4O2/c1-13(19(26)23-17-9-4-3-6-14(17)11-21)24(2)12-18(25)22-16-8-5-7-15(20)10-16/h3-10,13H,12H2,1-2H3,(H,22,25)(H,23,26)/p+1/t13-/m0/s1. The summed E-state index contributed by atoms with van der Waals surface area (Å²) in [5.74, 6) is -1.07. The summed E-state index contributed by atoms with van der Waals surface area (Å²) >= 11 is 0. The van der Waals surface area contributed by atoms with E-state index in [1.807, 2.05) is 6.07 Å². The molecular formula is C19H20FN4O2+. The van der Waals surface area contributed by atoms with E-state index in [9.17, 15) is 14.0 Å². The van der Waals surface area contributed by atoms with E-state index in [1.165, 1.54) is 18.2 Å². The fourth-order valence-electron chi connectivity index (χ4n) is 2.33. The van der Waals surface area contributed by atoms with Crippen molar-refractivity contribution in [2.45, 2.75) is 13.0 Å². The van der Waals surface area contributed by atoms with Gasteiger partial charge in [0.15, 0.2) is 12.6 Å². The average Bonchev–Trinajstić information content (AvgIpc) is 2.61. The number of para-hydroxylation sites is 1. The van der Waals surface area contributed by atoms with Gasteiger partial charge in [-0.15, -0.1) is 0 Å². The normalized spacial score (nSPS) is 12.5. The predicted molar refractivity (Wildman–Crippen MR) is 96.0 cm³/mol. The Morgan fingerprint density at radius 1 is 1.19 bits per heavy atom.